The van der Waals surface area contributed by atoms with Gasteiger partial charge in [-0.25, -0.2) is 0 Å². The third-order valence-electron chi connectivity index (χ3n) is 3.45. The van der Waals surface area contributed by atoms with Crippen molar-refractivity contribution in [3.8, 4) is 17.2 Å². The number of allylic oxidation sites excluding steroid dienone is 1. The van der Waals surface area contributed by atoms with Gasteiger partial charge in [0.05, 0.1) is 26.5 Å². The van der Waals surface area contributed by atoms with Crippen LogP contribution >= 0.6 is 0 Å². The van der Waals surface area contributed by atoms with Crippen LogP contribution < -0.4 is 19.9 Å². The summed E-state index contributed by atoms with van der Waals surface area (Å²) in [5.74, 6) is 2.22. The van der Waals surface area contributed by atoms with Crippen molar-refractivity contribution >= 4 is 11.8 Å². The molecule has 0 saturated heterocycles. The zero-order chi connectivity index (χ0) is 16.7. The highest BCUT2D eigenvalue weighted by atomic mass is 16.5. The van der Waals surface area contributed by atoms with Crippen LogP contribution in [-0.4, -0.2) is 20.8 Å². The standard InChI is InChI=1S/C19H23NO3/c1-4-23-19-13-15(9-11-18(19)22-3)7-5-6-14-8-10-17(21-2)16(20)12-14/h5-6,8-13H,4,7,20H2,1-3H3. The van der Waals surface area contributed by atoms with Crippen LogP contribution in [0.15, 0.2) is 42.5 Å². The van der Waals surface area contributed by atoms with Crippen LogP contribution in [0.25, 0.3) is 6.08 Å². The summed E-state index contributed by atoms with van der Waals surface area (Å²) < 4.78 is 16.0. The molecule has 0 unspecified atom stereocenters. The normalized spacial score (nSPS) is 10.7. The number of nitrogen functional groups attached to an aromatic ring is 1. The van der Waals surface area contributed by atoms with Gasteiger partial charge in [0.25, 0.3) is 0 Å². The van der Waals surface area contributed by atoms with E-state index in [1.807, 2.05) is 49.4 Å². The summed E-state index contributed by atoms with van der Waals surface area (Å²) in [7, 11) is 3.26. The molecule has 0 heterocycles. The van der Waals surface area contributed by atoms with Crippen LogP contribution in [0.4, 0.5) is 5.69 Å². The maximum atomic E-state index is 5.91. The van der Waals surface area contributed by atoms with Gasteiger partial charge in [0.2, 0.25) is 0 Å². The van der Waals surface area contributed by atoms with Gasteiger partial charge in [-0.1, -0.05) is 24.3 Å². The molecule has 4 heteroatoms. The van der Waals surface area contributed by atoms with Gasteiger partial charge in [0.1, 0.15) is 5.75 Å². The Kier molecular flexibility index (Phi) is 5.92. The van der Waals surface area contributed by atoms with Gasteiger partial charge >= 0.3 is 0 Å². The SMILES string of the molecule is CCOc1cc(CC=Cc2ccc(OC)c(N)c2)ccc1OC. The molecule has 0 fully saturated rings. The zero-order valence-corrected chi connectivity index (χ0v) is 13.8. The molecular weight excluding hydrogens is 290 g/mol. The third-order valence-corrected chi connectivity index (χ3v) is 3.45. The van der Waals surface area contributed by atoms with Crippen LogP contribution in [0.5, 0.6) is 17.2 Å². The Morgan fingerprint density at radius 2 is 1.70 bits per heavy atom. The molecule has 2 N–H and O–H groups in total. The van der Waals surface area contributed by atoms with Gasteiger partial charge < -0.3 is 19.9 Å². The molecule has 0 radical (unpaired) electrons. The second kappa shape index (κ2) is 8.13. The highest BCUT2D eigenvalue weighted by molar-refractivity contribution is 5.62. The van der Waals surface area contributed by atoms with E-state index >= 15 is 0 Å². The van der Waals surface area contributed by atoms with Crippen molar-refractivity contribution in [3.05, 3.63) is 53.6 Å². The van der Waals surface area contributed by atoms with E-state index < -0.39 is 0 Å². The molecule has 2 rings (SSSR count). The predicted molar refractivity (Wildman–Crippen MR) is 94.3 cm³/mol. The number of hydrogen-bond donors (Lipinski definition) is 1. The summed E-state index contributed by atoms with van der Waals surface area (Å²) in [6.45, 7) is 2.57. The highest BCUT2D eigenvalue weighted by Crippen LogP contribution is 2.28. The van der Waals surface area contributed by atoms with E-state index in [2.05, 4.69) is 6.08 Å². The molecule has 0 aromatic heterocycles. The number of rotatable bonds is 7. The zero-order valence-electron chi connectivity index (χ0n) is 13.8. The number of ether oxygens (including phenoxy) is 3. The minimum absolute atomic E-state index is 0.612. The van der Waals surface area contributed by atoms with Crippen molar-refractivity contribution in [2.45, 2.75) is 13.3 Å². The van der Waals surface area contributed by atoms with Crippen LogP contribution in [0, 0.1) is 0 Å². The summed E-state index contributed by atoms with van der Waals surface area (Å²) in [6.07, 6.45) is 4.94. The average Bonchev–Trinajstić information content (AvgIpc) is 2.56. The van der Waals surface area contributed by atoms with Crippen molar-refractivity contribution in [3.63, 3.8) is 0 Å². The fourth-order valence-electron chi connectivity index (χ4n) is 2.30. The van der Waals surface area contributed by atoms with Gasteiger partial charge in [0.15, 0.2) is 11.5 Å². The van der Waals surface area contributed by atoms with Gasteiger partial charge in [-0.05, 0) is 48.7 Å². The summed E-state index contributed by atoms with van der Waals surface area (Å²) >= 11 is 0. The maximum absolute atomic E-state index is 5.91. The third kappa shape index (κ3) is 4.42. The summed E-state index contributed by atoms with van der Waals surface area (Å²) in [5, 5.41) is 0. The van der Waals surface area contributed by atoms with Gasteiger partial charge in [0, 0.05) is 0 Å². The first kappa shape index (κ1) is 16.7. The van der Waals surface area contributed by atoms with Crippen molar-refractivity contribution < 1.29 is 14.2 Å². The van der Waals surface area contributed by atoms with Crippen molar-refractivity contribution in [2.24, 2.45) is 0 Å². The Morgan fingerprint density at radius 3 is 2.35 bits per heavy atom. The highest BCUT2D eigenvalue weighted by Gasteiger charge is 2.04. The molecule has 0 aliphatic heterocycles. The molecule has 0 bridgehead atoms. The number of methoxy groups -OCH3 is 2. The molecular formula is C19H23NO3. The minimum atomic E-state index is 0.612. The Balaban J connectivity index is 2.08. The molecule has 0 saturated carbocycles. The van der Waals surface area contributed by atoms with Crippen LogP contribution in [0.2, 0.25) is 0 Å². The molecule has 2 aromatic rings. The Bertz CT molecular complexity index is 680. The Labute approximate surface area is 137 Å². The van der Waals surface area contributed by atoms with Crippen LogP contribution in [-0.2, 0) is 6.42 Å². The van der Waals surface area contributed by atoms with Crippen molar-refractivity contribution in [1.29, 1.82) is 0 Å². The molecule has 122 valence electrons. The van der Waals surface area contributed by atoms with E-state index in [1.165, 1.54) is 0 Å². The van der Waals surface area contributed by atoms with Crippen LogP contribution in [0.3, 0.4) is 0 Å². The first-order chi connectivity index (χ1) is 11.2. The average molecular weight is 313 g/mol. The van der Waals surface area contributed by atoms with Crippen molar-refractivity contribution in [2.75, 3.05) is 26.6 Å². The lowest BCUT2D eigenvalue weighted by atomic mass is 10.1. The lowest BCUT2D eigenvalue weighted by Crippen LogP contribution is -1.96. The lowest BCUT2D eigenvalue weighted by Gasteiger charge is -2.10. The van der Waals surface area contributed by atoms with E-state index in [0.717, 1.165) is 29.0 Å². The fraction of sp³-hybridized carbons (Fsp3) is 0.263. The molecule has 0 amide bonds. The van der Waals surface area contributed by atoms with E-state index in [0.29, 0.717) is 18.0 Å². The molecule has 0 spiro atoms. The number of benzene rings is 2. The molecule has 4 nitrogen and oxygen atoms in total. The maximum Gasteiger partial charge on any atom is 0.161 e. The summed E-state index contributed by atoms with van der Waals surface area (Å²) in [6, 6.07) is 11.7. The minimum Gasteiger partial charge on any atom is -0.495 e. The molecule has 0 aliphatic carbocycles. The predicted octanol–water partition coefficient (Wildman–Crippen LogP) is 3.94. The first-order valence-corrected chi connectivity index (χ1v) is 7.57. The molecule has 23 heavy (non-hydrogen) atoms. The topological polar surface area (TPSA) is 53.7 Å². The molecule has 2 aromatic carbocycles. The fourth-order valence-corrected chi connectivity index (χ4v) is 2.30. The lowest BCUT2D eigenvalue weighted by molar-refractivity contribution is 0.310. The smallest absolute Gasteiger partial charge is 0.161 e. The second-order valence-electron chi connectivity index (χ2n) is 5.03. The monoisotopic (exact) mass is 313 g/mol. The largest absolute Gasteiger partial charge is 0.495 e. The number of anilines is 1. The number of nitrogens with two attached hydrogens (primary N) is 1. The summed E-state index contributed by atoms with van der Waals surface area (Å²) in [4.78, 5) is 0. The van der Waals surface area contributed by atoms with Gasteiger partial charge in [-0.3, -0.25) is 0 Å². The van der Waals surface area contributed by atoms with E-state index in [-0.39, 0.29) is 0 Å². The van der Waals surface area contributed by atoms with Crippen molar-refractivity contribution in [1.82, 2.24) is 0 Å². The Morgan fingerprint density at radius 1 is 0.957 bits per heavy atom. The number of hydrogen-bond acceptors (Lipinski definition) is 4. The van der Waals surface area contributed by atoms with E-state index in [1.54, 1.807) is 14.2 Å². The summed E-state index contributed by atoms with van der Waals surface area (Å²) in [5.41, 5.74) is 8.75. The van der Waals surface area contributed by atoms with E-state index in [4.69, 9.17) is 19.9 Å². The first-order valence-electron chi connectivity index (χ1n) is 7.57. The molecule has 0 aliphatic rings. The van der Waals surface area contributed by atoms with Crippen LogP contribution in [0.1, 0.15) is 18.1 Å². The quantitative estimate of drug-likeness (QED) is 0.787. The van der Waals surface area contributed by atoms with Gasteiger partial charge in [-0.15, -0.1) is 0 Å². The van der Waals surface area contributed by atoms with E-state index in [9.17, 15) is 0 Å². The second-order valence-corrected chi connectivity index (χ2v) is 5.03. The molecule has 0 atom stereocenters. The van der Waals surface area contributed by atoms with Gasteiger partial charge in [-0.2, -0.15) is 0 Å². The Hall–Kier alpha value is -2.62.